The van der Waals surface area contributed by atoms with Gasteiger partial charge in [0, 0.05) is 24.5 Å². The Morgan fingerprint density at radius 2 is 1.77 bits per heavy atom. The maximum atomic E-state index is 5.20. The SMILES string of the molecule is Cc1noc([C@H](C)Nc2ccc(N3CCCCCC3)cc2)n1. The molecule has 1 aliphatic rings. The van der Waals surface area contributed by atoms with Gasteiger partial charge in [0.15, 0.2) is 5.82 Å². The van der Waals surface area contributed by atoms with Crippen LogP contribution >= 0.6 is 0 Å². The minimum atomic E-state index is 0.00485. The van der Waals surface area contributed by atoms with Gasteiger partial charge in [-0.3, -0.25) is 0 Å². The molecule has 0 spiro atoms. The van der Waals surface area contributed by atoms with Gasteiger partial charge in [-0.2, -0.15) is 4.98 Å². The molecule has 1 atom stereocenters. The number of benzene rings is 1. The van der Waals surface area contributed by atoms with Gasteiger partial charge in [0.1, 0.15) is 6.04 Å². The van der Waals surface area contributed by atoms with Gasteiger partial charge in [-0.05, 0) is 51.0 Å². The summed E-state index contributed by atoms with van der Waals surface area (Å²) in [5.41, 5.74) is 2.38. The maximum Gasteiger partial charge on any atom is 0.248 e. The molecule has 0 amide bonds. The molecule has 1 N–H and O–H groups in total. The van der Waals surface area contributed by atoms with Crippen molar-refractivity contribution in [2.45, 2.75) is 45.6 Å². The number of rotatable bonds is 4. The Labute approximate surface area is 131 Å². The fourth-order valence-electron chi connectivity index (χ4n) is 2.90. The summed E-state index contributed by atoms with van der Waals surface area (Å²) in [6.07, 6.45) is 5.32. The molecule has 1 aromatic heterocycles. The Morgan fingerprint density at radius 3 is 2.36 bits per heavy atom. The quantitative estimate of drug-likeness (QED) is 0.927. The first-order valence-corrected chi connectivity index (χ1v) is 8.14. The van der Waals surface area contributed by atoms with E-state index >= 15 is 0 Å². The number of anilines is 2. The van der Waals surface area contributed by atoms with Gasteiger partial charge < -0.3 is 14.7 Å². The van der Waals surface area contributed by atoms with Crippen LogP contribution in [0.25, 0.3) is 0 Å². The van der Waals surface area contributed by atoms with Crippen LogP contribution < -0.4 is 10.2 Å². The third kappa shape index (κ3) is 3.59. The average Bonchev–Trinajstić information content (AvgIpc) is 2.80. The molecule has 22 heavy (non-hydrogen) atoms. The van der Waals surface area contributed by atoms with E-state index in [1.807, 2.05) is 13.8 Å². The summed E-state index contributed by atoms with van der Waals surface area (Å²) in [4.78, 5) is 6.75. The molecule has 5 heteroatoms. The summed E-state index contributed by atoms with van der Waals surface area (Å²) in [7, 11) is 0. The summed E-state index contributed by atoms with van der Waals surface area (Å²) in [6, 6.07) is 8.64. The molecule has 5 nitrogen and oxygen atoms in total. The van der Waals surface area contributed by atoms with E-state index in [2.05, 4.69) is 44.6 Å². The van der Waals surface area contributed by atoms with E-state index in [0.717, 1.165) is 5.69 Å². The summed E-state index contributed by atoms with van der Waals surface area (Å²) in [5, 5.41) is 7.23. The van der Waals surface area contributed by atoms with Crippen molar-refractivity contribution in [3.05, 3.63) is 36.0 Å². The fourth-order valence-corrected chi connectivity index (χ4v) is 2.90. The van der Waals surface area contributed by atoms with E-state index in [4.69, 9.17) is 4.52 Å². The van der Waals surface area contributed by atoms with Crippen LogP contribution in [0.15, 0.2) is 28.8 Å². The van der Waals surface area contributed by atoms with Gasteiger partial charge in [0.25, 0.3) is 0 Å². The summed E-state index contributed by atoms with van der Waals surface area (Å²) in [5.74, 6) is 1.29. The molecule has 1 saturated heterocycles. The molecule has 1 fully saturated rings. The maximum absolute atomic E-state index is 5.20. The minimum absolute atomic E-state index is 0.00485. The molecule has 118 valence electrons. The topological polar surface area (TPSA) is 54.2 Å². The minimum Gasteiger partial charge on any atom is -0.374 e. The predicted octanol–water partition coefficient (Wildman–Crippen LogP) is 3.93. The third-order valence-electron chi connectivity index (χ3n) is 4.14. The molecule has 0 unspecified atom stereocenters. The number of aromatic nitrogens is 2. The molecule has 0 saturated carbocycles. The van der Waals surface area contributed by atoms with Crippen LogP contribution in [0.1, 0.15) is 50.4 Å². The lowest BCUT2D eigenvalue weighted by Gasteiger charge is -2.23. The zero-order chi connectivity index (χ0) is 15.4. The smallest absolute Gasteiger partial charge is 0.248 e. The molecule has 1 aromatic carbocycles. The standard InChI is InChI=1S/C17H24N4O/c1-13(17-19-14(2)20-22-17)18-15-7-9-16(10-8-15)21-11-5-3-4-6-12-21/h7-10,13,18H,3-6,11-12H2,1-2H3/t13-/m0/s1. The van der Waals surface area contributed by atoms with E-state index in [-0.39, 0.29) is 6.04 Å². The predicted molar refractivity (Wildman–Crippen MR) is 88.2 cm³/mol. The Bertz CT molecular complexity index is 585. The van der Waals surface area contributed by atoms with Crippen molar-refractivity contribution in [3.8, 4) is 0 Å². The number of nitrogens with one attached hydrogen (secondary N) is 1. The van der Waals surface area contributed by atoms with Crippen LogP contribution in [0.3, 0.4) is 0 Å². The highest BCUT2D eigenvalue weighted by molar-refractivity contribution is 5.55. The molecule has 0 bridgehead atoms. The highest BCUT2D eigenvalue weighted by Gasteiger charge is 2.13. The summed E-state index contributed by atoms with van der Waals surface area (Å²) < 4.78 is 5.20. The van der Waals surface area contributed by atoms with Crippen LogP contribution in [0, 0.1) is 6.92 Å². The second-order valence-corrected chi connectivity index (χ2v) is 5.99. The van der Waals surface area contributed by atoms with Gasteiger partial charge in [0.05, 0.1) is 0 Å². The Balaban J connectivity index is 1.63. The Kier molecular flexibility index (Phi) is 4.61. The largest absolute Gasteiger partial charge is 0.374 e. The van der Waals surface area contributed by atoms with E-state index in [1.165, 1.54) is 44.5 Å². The number of aryl methyl sites for hydroxylation is 1. The first-order chi connectivity index (χ1) is 10.7. The van der Waals surface area contributed by atoms with Gasteiger partial charge in [-0.1, -0.05) is 18.0 Å². The van der Waals surface area contributed by atoms with Crippen molar-refractivity contribution in [3.63, 3.8) is 0 Å². The lowest BCUT2D eigenvalue weighted by atomic mass is 10.2. The van der Waals surface area contributed by atoms with Crippen LogP contribution in [0.4, 0.5) is 11.4 Å². The molecular formula is C17H24N4O. The average molecular weight is 300 g/mol. The molecule has 2 aromatic rings. The first kappa shape index (κ1) is 14.9. The van der Waals surface area contributed by atoms with Crippen molar-refractivity contribution in [2.24, 2.45) is 0 Å². The summed E-state index contributed by atoms with van der Waals surface area (Å²) >= 11 is 0. The van der Waals surface area contributed by atoms with Crippen LogP contribution in [0.5, 0.6) is 0 Å². The molecule has 3 rings (SSSR count). The van der Waals surface area contributed by atoms with Crippen molar-refractivity contribution < 1.29 is 4.52 Å². The second kappa shape index (κ2) is 6.81. The van der Waals surface area contributed by atoms with Gasteiger partial charge in [-0.25, -0.2) is 0 Å². The second-order valence-electron chi connectivity index (χ2n) is 5.99. The lowest BCUT2D eigenvalue weighted by molar-refractivity contribution is 0.364. The van der Waals surface area contributed by atoms with Gasteiger partial charge >= 0.3 is 0 Å². The van der Waals surface area contributed by atoms with Gasteiger partial charge in [0.2, 0.25) is 5.89 Å². The fraction of sp³-hybridized carbons (Fsp3) is 0.529. The number of hydrogen-bond acceptors (Lipinski definition) is 5. The van der Waals surface area contributed by atoms with Crippen molar-refractivity contribution in [1.82, 2.24) is 10.1 Å². The lowest BCUT2D eigenvalue weighted by Crippen LogP contribution is -2.23. The van der Waals surface area contributed by atoms with Crippen molar-refractivity contribution in [1.29, 1.82) is 0 Å². The van der Waals surface area contributed by atoms with Crippen LogP contribution in [-0.2, 0) is 0 Å². The van der Waals surface area contributed by atoms with E-state index in [1.54, 1.807) is 0 Å². The Morgan fingerprint density at radius 1 is 1.09 bits per heavy atom. The van der Waals surface area contributed by atoms with E-state index in [0.29, 0.717) is 11.7 Å². The van der Waals surface area contributed by atoms with Crippen LogP contribution in [0.2, 0.25) is 0 Å². The monoisotopic (exact) mass is 300 g/mol. The summed E-state index contributed by atoms with van der Waals surface area (Å²) in [6.45, 7) is 6.19. The van der Waals surface area contributed by atoms with E-state index < -0.39 is 0 Å². The van der Waals surface area contributed by atoms with Crippen molar-refractivity contribution >= 4 is 11.4 Å². The zero-order valence-corrected chi connectivity index (χ0v) is 13.4. The van der Waals surface area contributed by atoms with Gasteiger partial charge in [-0.15, -0.1) is 0 Å². The molecule has 2 heterocycles. The highest BCUT2D eigenvalue weighted by Crippen LogP contribution is 2.23. The molecule has 1 aliphatic heterocycles. The van der Waals surface area contributed by atoms with Crippen LogP contribution in [-0.4, -0.2) is 23.2 Å². The number of hydrogen-bond donors (Lipinski definition) is 1. The molecule has 0 aliphatic carbocycles. The zero-order valence-electron chi connectivity index (χ0n) is 13.4. The Hall–Kier alpha value is -2.04. The third-order valence-corrected chi connectivity index (χ3v) is 4.14. The normalized spacial score (nSPS) is 17.1. The number of nitrogens with zero attached hydrogens (tertiary/aromatic N) is 3. The molecule has 0 radical (unpaired) electrons. The van der Waals surface area contributed by atoms with E-state index in [9.17, 15) is 0 Å². The molecular weight excluding hydrogens is 276 g/mol. The first-order valence-electron chi connectivity index (χ1n) is 8.14. The highest BCUT2D eigenvalue weighted by atomic mass is 16.5. The van der Waals surface area contributed by atoms with Crippen molar-refractivity contribution in [2.75, 3.05) is 23.3 Å².